The standard InChI is InChI=1S/C9H15F3N2/c1-8(2,3)6-14-5-7(4-13)9(10,11)12/h7,14H,5-6H2,1-3H3. The molecule has 0 aliphatic rings. The highest BCUT2D eigenvalue weighted by Gasteiger charge is 2.39. The first-order chi connectivity index (χ1) is 6.17. The van der Waals surface area contributed by atoms with Crippen molar-refractivity contribution in [1.29, 1.82) is 5.26 Å². The number of rotatable bonds is 3. The predicted octanol–water partition coefficient (Wildman–Crippen LogP) is 2.32. The van der Waals surface area contributed by atoms with Gasteiger partial charge in [0.15, 0.2) is 5.92 Å². The molecule has 0 saturated carbocycles. The van der Waals surface area contributed by atoms with E-state index in [2.05, 4.69) is 5.32 Å². The van der Waals surface area contributed by atoms with Crippen LogP contribution in [0.5, 0.6) is 0 Å². The lowest BCUT2D eigenvalue weighted by molar-refractivity contribution is -0.157. The number of nitrogens with zero attached hydrogens (tertiary/aromatic N) is 1. The van der Waals surface area contributed by atoms with Crippen LogP contribution in [0.4, 0.5) is 13.2 Å². The number of halogens is 3. The van der Waals surface area contributed by atoms with Crippen molar-refractivity contribution in [3.05, 3.63) is 0 Å². The Bertz CT molecular complexity index is 210. The van der Waals surface area contributed by atoms with E-state index < -0.39 is 12.1 Å². The Labute approximate surface area is 82.1 Å². The van der Waals surface area contributed by atoms with Crippen LogP contribution in [0, 0.1) is 22.7 Å². The Kier molecular flexibility index (Phi) is 4.40. The van der Waals surface area contributed by atoms with E-state index >= 15 is 0 Å². The molecular formula is C9H15F3N2. The van der Waals surface area contributed by atoms with Crippen molar-refractivity contribution in [3.8, 4) is 6.07 Å². The molecule has 0 amide bonds. The Balaban J connectivity index is 3.95. The van der Waals surface area contributed by atoms with Crippen molar-refractivity contribution in [2.24, 2.45) is 11.3 Å². The molecule has 0 aromatic heterocycles. The third-order valence-electron chi connectivity index (χ3n) is 1.55. The lowest BCUT2D eigenvalue weighted by Gasteiger charge is -2.20. The molecule has 1 N–H and O–H groups in total. The number of hydrogen-bond donors (Lipinski definition) is 1. The van der Waals surface area contributed by atoms with E-state index in [0.29, 0.717) is 6.54 Å². The van der Waals surface area contributed by atoms with Crippen LogP contribution in [0.25, 0.3) is 0 Å². The van der Waals surface area contributed by atoms with Gasteiger partial charge in [-0.3, -0.25) is 0 Å². The second-order valence-corrected chi connectivity index (χ2v) is 4.41. The molecule has 1 atom stereocenters. The Morgan fingerprint density at radius 2 is 1.79 bits per heavy atom. The molecule has 0 aromatic rings. The third-order valence-corrected chi connectivity index (χ3v) is 1.55. The highest BCUT2D eigenvalue weighted by atomic mass is 19.4. The van der Waals surface area contributed by atoms with Crippen LogP contribution >= 0.6 is 0 Å². The molecule has 0 aliphatic carbocycles. The SMILES string of the molecule is CC(C)(C)CNCC(C#N)C(F)(F)F. The lowest BCUT2D eigenvalue weighted by atomic mass is 9.97. The van der Waals surface area contributed by atoms with Gasteiger partial charge in [-0.1, -0.05) is 20.8 Å². The summed E-state index contributed by atoms with van der Waals surface area (Å²) in [5.74, 6) is -1.91. The maximum atomic E-state index is 12.1. The number of hydrogen-bond acceptors (Lipinski definition) is 2. The molecule has 0 fully saturated rings. The fourth-order valence-electron chi connectivity index (χ4n) is 0.826. The zero-order valence-corrected chi connectivity index (χ0v) is 8.57. The Morgan fingerprint density at radius 1 is 1.29 bits per heavy atom. The molecule has 2 nitrogen and oxygen atoms in total. The van der Waals surface area contributed by atoms with Gasteiger partial charge in [-0.15, -0.1) is 0 Å². The molecule has 0 aliphatic heterocycles. The van der Waals surface area contributed by atoms with Crippen molar-refractivity contribution in [2.45, 2.75) is 26.9 Å². The van der Waals surface area contributed by atoms with Crippen LogP contribution in [0.1, 0.15) is 20.8 Å². The van der Waals surface area contributed by atoms with E-state index in [4.69, 9.17) is 5.26 Å². The van der Waals surface area contributed by atoms with Crippen molar-refractivity contribution >= 4 is 0 Å². The molecule has 0 radical (unpaired) electrons. The van der Waals surface area contributed by atoms with E-state index in [1.165, 1.54) is 6.07 Å². The molecule has 14 heavy (non-hydrogen) atoms. The quantitative estimate of drug-likeness (QED) is 0.772. The summed E-state index contributed by atoms with van der Waals surface area (Å²) in [6.45, 7) is 5.86. The number of nitriles is 1. The fraction of sp³-hybridized carbons (Fsp3) is 0.889. The van der Waals surface area contributed by atoms with Gasteiger partial charge >= 0.3 is 6.18 Å². The third kappa shape index (κ3) is 5.81. The van der Waals surface area contributed by atoms with Crippen molar-refractivity contribution in [3.63, 3.8) is 0 Å². The van der Waals surface area contributed by atoms with E-state index in [1.54, 1.807) is 0 Å². The highest BCUT2D eigenvalue weighted by Crippen LogP contribution is 2.25. The average Bonchev–Trinajstić information content (AvgIpc) is 1.93. The summed E-state index contributed by atoms with van der Waals surface area (Å²) in [4.78, 5) is 0. The average molecular weight is 208 g/mol. The van der Waals surface area contributed by atoms with Crippen molar-refractivity contribution in [2.75, 3.05) is 13.1 Å². The maximum Gasteiger partial charge on any atom is 0.405 e. The molecule has 0 heterocycles. The van der Waals surface area contributed by atoms with E-state index in [0.717, 1.165) is 0 Å². The molecule has 82 valence electrons. The molecule has 0 spiro atoms. The van der Waals surface area contributed by atoms with Gasteiger partial charge in [0.1, 0.15) is 0 Å². The van der Waals surface area contributed by atoms with Gasteiger partial charge in [0.05, 0.1) is 6.07 Å². The summed E-state index contributed by atoms with van der Waals surface area (Å²) in [6.07, 6.45) is -4.43. The molecule has 0 saturated heterocycles. The van der Waals surface area contributed by atoms with Crippen LogP contribution in [-0.4, -0.2) is 19.3 Å². The normalized spacial score (nSPS) is 14.9. The zero-order valence-electron chi connectivity index (χ0n) is 8.57. The Morgan fingerprint density at radius 3 is 2.07 bits per heavy atom. The summed E-state index contributed by atoms with van der Waals surface area (Å²) >= 11 is 0. The molecular weight excluding hydrogens is 193 g/mol. The number of nitrogens with one attached hydrogen (secondary N) is 1. The maximum absolute atomic E-state index is 12.1. The van der Waals surface area contributed by atoms with E-state index in [1.807, 2.05) is 20.8 Å². The number of alkyl halides is 3. The molecule has 1 unspecified atom stereocenters. The van der Waals surface area contributed by atoms with Crippen LogP contribution in [0.15, 0.2) is 0 Å². The monoisotopic (exact) mass is 208 g/mol. The van der Waals surface area contributed by atoms with Gasteiger partial charge < -0.3 is 5.32 Å². The fourth-order valence-corrected chi connectivity index (χ4v) is 0.826. The van der Waals surface area contributed by atoms with Crippen LogP contribution in [0.2, 0.25) is 0 Å². The highest BCUT2D eigenvalue weighted by molar-refractivity contribution is 4.90. The van der Waals surface area contributed by atoms with Crippen LogP contribution in [0.3, 0.4) is 0 Å². The topological polar surface area (TPSA) is 35.8 Å². The van der Waals surface area contributed by atoms with Gasteiger partial charge in [0.2, 0.25) is 0 Å². The molecule has 0 rings (SSSR count). The smallest absolute Gasteiger partial charge is 0.315 e. The minimum absolute atomic E-state index is 0.0778. The minimum atomic E-state index is -4.43. The van der Waals surface area contributed by atoms with Crippen molar-refractivity contribution < 1.29 is 13.2 Å². The summed E-state index contributed by atoms with van der Waals surface area (Å²) < 4.78 is 36.2. The van der Waals surface area contributed by atoms with Crippen molar-refractivity contribution in [1.82, 2.24) is 5.32 Å². The largest absolute Gasteiger partial charge is 0.405 e. The van der Waals surface area contributed by atoms with E-state index in [9.17, 15) is 13.2 Å². The Hall–Kier alpha value is -0.760. The van der Waals surface area contributed by atoms with Gasteiger partial charge in [0, 0.05) is 13.1 Å². The second kappa shape index (κ2) is 4.65. The molecule has 0 bridgehead atoms. The summed E-state index contributed by atoms with van der Waals surface area (Å²) in [6, 6.07) is 1.24. The summed E-state index contributed by atoms with van der Waals surface area (Å²) in [5.41, 5.74) is -0.0778. The van der Waals surface area contributed by atoms with Crippen LogP contribution < -0.4 is 5.32 Å². The predicted molar refractivity (Wildman–Crippen MR) is 47.5 cm³/mol. The van der Waals surface area contributed by atoms with Gasteiger partial charge in [0.25, 0.3) is 0 Å². The zero-order chi connectivity index (χ0) is 11.4. The van der Waals surface area contributed by atoms with Gasteiger partial charge in [-0.25, -0.2) is 0 Å². The molecule has 0 aromatic carbocycles. The first-order valence-corrected chi connectivity index (χ1v) is 4.34. The first kappa shape index (κ1) is 13.2. The summed E-state index contributed by atoms with van der Waals surface area (Å²) in [7, 11) is 0. The lowest BCUT2D eigenvalue weighted by Crippen LogP contribution is -2.36. The van der Waals surface area contributed by atoms with Gasteiger partial charge in [-0.05, 0) is 5.41 Å². The summed E-state index contributed by atoms with van der Waals surface area (Å²) in [5, 5.41) is 10.9. The minimum Gasteiger partial charge on any atom is -0.315 e. The van der Waals surface area contributed by atoms with E-state index in [-0.39, 0.29) is 12.0 Å². The van der Waals surface area contributed by atoms with Crippen LogP contribution in [-0.2, 0) is 0 Å². The first-order valence-electron chi connectivity index (χ1n) is 4.34. The molecule has 5 heteroatoms. The van der Waals surface area contributed by atoms with Gasteiger partial charge in [-0.2, -0.15) is 18.4 Å². The second-order valence-electron chi connectivity index (χ2n) is 4.41.